The third kappa shape index (κ3) is 3.84. The van der Waals surface area contributed by atoms with Crippen molar-refractivity contribution in [3.8, 4) is 0 Å². The molecule has 2 fully saturated rings. The number of carbonyl (C=O) groups is 1. The summed E-state index contributed by atoms with van der Waals surface area (Å²) in [5.41, 5.74) is 0.405. The molecule has 0 saturated carbocycles. The van der Waals surface area contributed by atoms with Gasteiger partial charge in [-0.25, -0.2) is 4.98 Å². The average molecular weight is 338 g/mol. The third-order valence-corrected chi connectivity index (χ3v) is 5.75. The van der Waals surface area contributed by atoms with Gasteiger partial charge in [-0.1, -0.05) is 0 Å². The Morgan fingerprint density at radius 2 is 2.17 bits per heavy atom. The minimum atomic E-state index is -0.659. The van der Waals surface area contributed by atoms with Crippen molar-refractivity contribution in [2.45, 2.75) is 37.7 Å². The minimum Gasteiger partial charge on any atom is -0.368 e. The van der Waals surface area contributed by atoms with Crippen LogP contribution >= 0.6 is 11.3 Å². The molecule has 2 aliphatic rings. The Labute approximate surface area is 141 Å². The van der Waals surface area contributed by atoms with Crippen LogP contribution in [-0.4, -0.2) is 56.3 Å². The Morgan fingerprint density at radius 1 is 1.43 bits per heavy atom. The van der Waals surface area contributed by atoms with Crippen molar-refractivity contribution in [2.24, 2.45) is 0 Å². The maximum Gasteiger partial charge on any atom is 0.252 e. The SMILES string of the molecule is COC1(C(=O)NCCc2csc(N3CCCC3)n2)CCNCC1. The number of anilines is 1. The normalized spacial score (nSPS) is 20.7. The van der Waals surface area contributed by atoms with Gasteiger partial charge in [0.1, 0.15) is 5.60 Å². The highest BCUT2D eigenvalue weighted by molar-refractivity contribution is 7.13. The summed E-state index contributed by atoms with van der Waals surface area (Å²) in [5.74, 6) is 0.0106. The summed E-state index contributed by atoms with van der Waals surface area (Å²) in [6, 6.07) is 0. The number of hydrogen-bond donors (Lipinski definition) is 2. The van der Waals surface area contributed by atoms with E-state index in [4.69, 9.17) is 9.72 Å². The Bertz CT molecular complexity index is 522. The molecular formula is C16H26N4O2S. The fourth-order valence-corrected chi connectivity index (χ4v) is 4.20. The molecule has 2 N–H and O–H groups in total. The maximum absolute atomic E-state index is 12.5. The van der Waals surface area contributed by atoms with E-state index in [2.05, 4.69) is 20.9 Å². The van der Waals surface area contributed by atoms with E-state index in [-0.39, 0.29) is 5.91 Å². The van der Waals surface area contributed by atoms with E-state index in [1.807, 2.05) is 0 Å². The van der Waals surface area contributed by atoms with Crippen molar-refractivity contribution in [3.05, 3.63) is 11.1 Å². The zero-order chi connectivity index (χ0) is 16.1. The second-order valence-electron chi connectivity index (χ2n) is 6.27. The van der Waals surface area contributed by atoms with Gasteiger partial charge in [-0.2, -0.15) is 0 Å². The standard InChI is InChI=1S/C16H26N4O2S/c1-22-16(5-8-17-9-6-16)14(21)18-7-4-13-12-23-15(19-13)20-10-2-3-11-20/h12,17H,2-11H2,1H3,(H,18,21). The number of nitrogens with zero attached hydrogens (tertiary/aromatic N) is 2. The van der Waals surface area contributed by atoms with Crippen LogP contribution in [0.2, 0.25) is 0 Å². The highest BCUT2D eigenvalue weighted by Gasteiger charge is 2.39. The lowest BCUT2D eigenvalue weighted by atomic mass is 9.91. The maximum atomic E-state index is 12.5. The summed E-state index contributed by atoms with van der Waals surface area (Å²) >= 11 is 1.71. The van der Waals surface area contributed by atoms with Crippen molar-refractivity contribution < 1.29 is 9.53 Å². The minimum absolute atomic E-state index is 0.0106. The number of amides is 1. The lowest BCUT2D eigenvalue weighted by molar-refractivity contribution is -0.146. The van der Waals surface area contributed by atoms with Gasteiger partial charge in [-0.15, -0.1) is 11.3 Å². The molecule has 7 heteroatoms. The van der Waals surface area contributed by atoms with Crippen LogP contribution in [0.1, 0.15) is 31.4 Å². The predicted molar refractivity (Wildman–Crippen MR) is 92.1 cm³/mol. The first-order valence-electron chi connectivity index (χ1n) is 8.47. The average Bonchev–Trinajstić information content (AvgIpc) is 3.26. The zero-order valence-corrected chi connectivity index (χ0v) is 14.6. The molecule has 2 saturated heterocycles. The van der Waals surface area contributed by atoms with Crippen molar-refractivity contribution >= 4 is 22.4 Å². The molecule has 3 rings (SSSR count). The van der Waals surface area contributed by atoms with E-state index in [1.54, 1.807) is 18.4 Å². The van der Waals surface area contributed by atoms with E-state index in [0.29, 0.717) is 6.54 Å². The first-order chi connectivity index (χ1) is 11.2. The van der Waals surface area contributed by atoms with Gasteiger partial charge in [0, 0.05) is 38.5 Å². The van der Waals surface area contributed by atoms with Gasteiger partial charge in [0.2, 0.25) is 0 Å². The molecule has 6 nitrogen and oxygen atoms in total. The summed E-state index contributed by atoms with van der Waals surface area (Å²) < 4.78 is 5.54. The van der Waals surface area contributed by atoms with Crippen molar-refractivity contribution in [3.63, 3.8) is 0 Å². The molecule has 0 unspecified atom stereocenters. The van der Waals surface area contributed by atoms with E-state index >= 15 is 0 Å². The van der Waals surface area contributed by atoms with E-state index < -0.39 is 5.60 Å². The van der Waals surface area contributed by atoms with Crippen LogP contribution in [0.5, 0.6) is 0 Å². The summed E-state index contributed by atoms with van der Waals surface area (Å²) in [4.78, 5) is 19.5. The van der Waals surface area contributed by atoms with Crippen molar-refractivity contribution in [1.82, 2.24) is 15.6 Å². The Hall–Kier alpha value is -1.18. The van der Waals surface area contributed by atoms with Crippen LogP contribution in [0.4, 0.5) is 5.13 Å². The number of ether oxygens (including phenoxy) is 1. The number of piperidine rings is 1. The van der Waals surface area contributed by atoms with Gasteiger partial charge in [-0.3, -0.25) is 4.79 Å². The number of nitrogens with one attached hydrogen (secondary N) is 2. The van der Waals surface area contributed by atoms with Gasteiger partial charge in [0.05, 0.1) is 5.69 Å². The molecule has 0 bridgehead atoms. The van der Waals surface area contributed by atoms with E-state index in [9.17, 15) is 4.79 Å². The van der Waals surface area contributed by atoms with Gasteiger partial charge in [0.25, 0.3) is 5.91 Å². The van der Waals surface area contributed by atoms with E-state index in [1.165, 1.54) is 12.8 Å². The largest absolute Gasteiger partial charge is 0.368 e. The second-order valence-corrected chi connectivity index (χ2v) is 7.11. The predicted octanol–water partition coefficient (Wildman–Crippen LogP) is 1.17. The zero-order valence-electron chi connectivity index (χ0n) is 13.8. The Morgan fingerprint density at radius 3 is 2.87 bits per heavy atom. The molecule has 23 heavy (non-hydrogen) atoms. The summed E-state index contributed by atoms with van der Waals surface area (Å²) in [7, 11) is 1.63. The first kappa shape index (κ1) is 16.7. The molecule has 0 spiro atoms. The molecule has 0 aliphatic carbocycles. The van der Waals surface area contributed by atoms with Crippen LogP contribution in [-0.2, 0) is 16.0 Å². The lowest BCUT2D eigenvalue weighted by Gasteiger charge is -2.34. The first-order valence-corrected chi connectivity index (χ1v) is 9.35. The molecule has 1 amide bonds. The van der Waals surface area contributed by atoms with Gasteiger partial charge in [0.15, 0.2) is 5.13 Å². The van der Waals surface area contributed by atoms with Crippen LogP contribution in [0.25, 0.3) is 0 Å². The number of rotatable bonds is 6. The molecule has 0 aromatic carbocycles. The Balaban J connectivity index is 1.48. The van der Waals surface area contributed by atoms with Crippen molar-refractivity contribution in [2.75, 3.05) is 44.7 Å². The van der Waals surface area contributed by atoms with Crippen LogP contribution in [0, 0.1) is 0 Å². The fraction of sp³-hybridized carbons (Fsp3) is 0.750. The summed E-state index contributed by atoms with van der Waals surface area (Å²) in [6.07, 6.45) is 4.75. The second kappa shape index (κ2) is 7.59. The Kier molecular flexibility index (Phi) is 5.50. The lowest BCUT2D eigenvalue weighted by Crippen LogP contribution is -2.54. The molecule has 1 aromatic rings. The van der Waals surface area contributed by atoms with Crippen LogP contribution < -0.4 is 15.5 Å². The summed E-state index contributed by atoms with van der Waals surface area (Å²) in [5, 5.41) is 9.53. The third-order valence-electron chi connectivity index (χ3n) is 4.80. The number of hydrogen-bond acceptors (Lipinski definition) is 6. The smallest absolute Gasteiger partial charge is 0.252 e. The number of aromatic nitrogens is 1. The molecule has 0 atom stereocenters. The fourth-order valence-electron chi connectivity index (χ4n) is 3.28. The van der Waals surface area contributed by atoms with Crippen LogP contribution in [0.15, 0.2) is 5.38 Å². The highest BCUT2D eigenvalue weighted by atomic mass is 32.1. The monoisotopic (exact) mass is 338 g/mol. The number of carbonyl (C=O) groups excluding carboxylic acids is 1. The topological polar surface area (TPSA) is 66.5 Å². The van der Waals surface area contributed by atoms with Crippen LogP contribution in [0.3, 0.4) is 0 Å². The quantitative estimate of drug-likeness (QED) is 0.815. The molecule has 128 valence electrons. The van der Waals surface area contributed by atoms with Crippen molar-refractivity contribution in [1.29, 1.82) is 0 Å². The number of thiazole rings is 1. The highest BCUT2D eigenvalue weighted by Crippen LogP contribution is 2.25. The van der Waals surface area contributed by atoms with Gasteiger partial charge >= 0.3 is 0 Å². The van der Waals surface area contributed by atoms with Gasteiger partial charge < -0.3 is 20.3 Å². The van der Waals surface area contributed by atoms with E-state index in [0.717, 1.165) is 56.3 Å². The summed E-state index contributed by atoms with van der Waals surface area (Å²) in [6.45, 7) is 4.50. The molecule has 0 radical (unpaired) electrons. The molecule has 3 heterocycles. The molecule has 2 aliphatic heterocycles. The molecular weight excluding hydrogens is 312 g/mol. The molecule has 1 aromatic heterocycles. The number of methoxy groups -OCH3 is 1. The van der Waals surface area contributed by atoms with Gasteiger partial charge in [-0.05, 0) is 38.8 Å².